The predicted molar refractivity (Wildman–Crippen MR) is 113 cm³/mol. The molecule has 0 saturated carbocycles. The third kappa shape index (κ3) is 6.39. The van der Waals surface area contributed by atoms with Crippen molar-refractivity contribution >= 4 is 29.2 Å². The Balaban J connectivity index is 2.06. The Morgan fingerprint density at radius 2 is 1.83 bits per heavy atom. The van der Waals surface area contributed by atoms with Crippen molar-refractivity contribution in [1.82, 2.24) is 0 Å². The number of amides is 1. The van der Waals surface area contributed by atoms with E-state index < -0.39 is 18.5 Å². The minimum absolute atomic E-state index is 0.182. The van der Waals surface area contributed by atoms with Gasteiger partial charge in [0.15, 0.2) is 18.1 Å². The molecule has 2 rings (SSSR count). The number of rotatable bonds is 9. The lowest BCUT2D eigenvalue weighted by atomic mass is 10.1. The number of hydrogen-bond acceptors (Lipinski definition) is 5. The van der Waals surface area contributed by atoms with Crippen LogP contribution in [0.2, 0.25) is 5.02 Å². The molecule has 1 N–H and O–H groups in total. The van der Waals surface area contributed by atoms with Gasteiger partial charge in [0.05, 0.1) is 23.8 Å². The summed E-state index contributed by atoms with van der Waals surface area (Å²) in [5, 5.41) is 2.99. The summed E-state index contributed by atoms with van der Waals surface area (Å²) < 4.78 is 16.3. The predicted octanol–water partition coefficient (Wildman–Crippen LogP) is 4.94. The van der Waals surface area contributed by atoms with Crippen LogP contribution in [0.1, 0.15) is 41.8 Å². The Morgan fingerprint density at radius 3 is 2.52 bits per heavy atom. The van der Waals surface area contributed by atoms with Crippen LogP contribution < -0.4 is 14.8 Å². The molecule has 0 unspecified atom stereocenters. The molecule has 0 aliphatic rings. The van der Waals surface area contributed by atoms with Crippen LogP contribution in [0.3, 0.4) is 0 Å². The molecule has 29 heavy (non-hydrogen) atoms. The molecule has 0 atom stereocenters. The van der Waals surface area contributed by atoms with Crippen LogP contribution in [0.25, 0.3) is 0 Å². The Kier molecular flexibility index (Phi) is 8.34. The maximum absolute atomic E-state index is 12.4. The van der Waals surface area contributed by atoms with E-state index in [2.05, 4.69) is 5.32 Å². The molecule has 156 valence electrons. The van der Waals surface area contributed by atoms with Gasteiger partial charge in [-0.25, -0.2) is 4.79 Å². The van der Waals surface area contributed by atoms with Gasteiger partial charge in [-0.05, 0) is 56.5 Å². The van der Waals surface area contributed by atoms with Crippen LogP contribution in [-0.2, 0) is 9.53 Å². The van der Waals surface area contributed by atoms with Crippen LogP contribution in [0.4, 0.5) is 5.69 Å². The number of benzene rings is 2. The second kappa shape index (κ2) is 10.7. The number of ether oxygens (including phenoxy) is 3. The van der Waals surface area contributed by atoms with Gasteiger partial charge in [0.2, 0.25) is 0 Å². The SMILES string of the molecule is CCCOc1c(Cl)cc(C(=O)OCC(=O)Nc2cc(C)ccc2C)cc1OCC. The lowest BCUT2D eigenvalue weighted by molar-refractivity contribution is -0.119. The average Bonchev–Trinajstić information content (AvgIpc) is 2.68. The number of carbonyl (C=O) groups is 2. The van der Waals surface area contributed by atoms with Gasteiger partial charge in [-0.15, -0.1) is 0 Å². The van der Waals surface area contributed by atoms with Gasteiger partial charge in [0.1, 0.15) is 0 Å². The standard InChI is InChI=1S/C22H26ClNO5/c1-5-9-28-21-17(23)11-16(12-19(21)27-6-2)22(26)29-13-20(25)24-18-10-14(3)7-8-15(18)4/h7-8,10-12H,5-6,9,13H2,1-4H3,(H,24,25). The summed E-state index contributed by atoms with van der Waals surface area (Å²) in [5.74, 6) is -0.350. The highest BCUT2D eigenvalue weighted by atomic mass is 35.5. The van der Waals surface area contributed by atoms with Crippen molar-refractivity contribution < 1.29 is 23.8 Å². The van der Waals surface area contributed by atoms with Crippen molar-refractivity contribution in [2.24, 2.45) is 0 Å². The summed E-state index contributed by atoms with van der Waals surface area (Å²) >= 11 is 6.26. The highest BCUT2D eigenvalue weighted by molar-refractivity contribution is 6.32. The van der Waals surface area contributed by atoms with E-state index in [1.807, 2.05) is 45.9 Å². The zero-order valence-electron chi connectivity index (χ0n) is 17.1. The molecule has 0 aliphatic carbocycles. The Morgan fingerprint density at radius 1 is 1.07 bits per heavy atom. The molecule has 0 saturated heterocycles. The lowest BCUT2D eigenvalue weighted by Gasteiger charge is -2.15. The molecule has 0 aromatic heterocycles. The fraction of sp³-hybridized carbons (Fsp3) is 0.364. The van der Waals surface area contributed by atoms with Crippen molar-refractivity contribution in [1.29, 1.82) is 0 Å². The third-order valence-electron chi connectivity index (χ3n) is 4.00. The Labute approximate surface area is 176 Å². The first kappa shape index (κ1) is 22.6. The zero-order chi connectivity index (χ0) is 21.4. The van der Waals surface area contributed by atoms with E-state index >= 15 is 0 Å². The van der Waals surface area contributed by atoms with Crippen LogP contribution in [0, 0.1) is 13.8 Å². The number of esters is 1. The first-order valence-electron chi connectivity index (χ1n) is 9.49. The number of aryl methyl sites for hydroxylation is 2. The second-order valence-electron chi connectivity index (χ2n) is 6.51. The minimum atomic E-state index is -0.675. The largest absolute Gasteiger partial charge is 0.490 e. The van der Waals surface area contributed by atoms with Crippen LogP contribution in [0.5, 0.6) is 11.5 Å². The van der Waals surface area contributed by atoms with E-state index in [0.29, 0.717) is 30.4 Å². The van der Waals surface area contributed by atoms with E-state index in [4.69, 9.17) is 25.8 Å². The first-order chi connectivity index (χ1) is 13.8. The molecule has 0 aliphatic heterocycles. The van der Waals surface area contributed by atoms with E-state index in [1.54, 1.807) is 0 Å². The smallest absolute Gasteiger partial charge is 0.338 e. The summed E-state index contributed by atoms with van der Waals surface area (Å²) in [6, 6.07) is 8.68. The topological polar surface area (TPSA) is 73.9 Å². The van der Waals surface area contributed by atoms with E-state index in [1.165, 1.54) is 12.1 Å². The van der Waals surface area contributed by atoms with Gasteiger partial charge in [0.25, 0.3) is 5.91 Å². The van der Waals surface area contributed by atoms with E-state index in [9.17, 15) is 9.59 Å². The molecule has 0 radical (unpaired) electrons. The van der Waals surface area contributed by atoms with Gasteiger partial charge in [0, 0.05) is 5.69 Å². The molecule has 2 aromatic rings. The summed E-state index contributed by atoms with van der Waals surface area (Å²) in [6.45, 7) is 8.06. The third-order valence-corrected chi connectivity index (χ3v) is 4.28. The van der Waals surface area contributed by atoms with Crippen molar-refractivity contribution in [2.45, 2.75) is 34.1 Å². The maximum atomic E-state index is 12.4. The maximum Gasteiger partial charge on any atom is 0.338 e. The van der Waals surface area contributed by atoms with Crippen molar-refractivity contribution in [3.63, 3.8) is 0 Å². The van der Waals surface area contributed by atoms with Crippen LogP contribution >= 0.6 is 11.6 Å². The molecule has 7 heteroatoms. The summed E-state index contributed by atoms with van der Waals surface area (Å²) in [6.07, 6.45) is 0.807. The fourth-order valence-corrected chi connectivity index (χ4v) is 2.83. The van der Waals surface area contributed by atoms with E-state index in [-0.39, 0.29) is 10.6 Å². The second-order valence-corrected chi connectivity index (χ2v) is 6.92. The Bertz CT molecular complexity index is 882. The summed E-state index contributed by atoms with van der Waals surface area (Å²) in [4.78, 5) is 24.6. The monoisotopic (exact) mass is 419 g/mol. The van der Waals surface area contributed by atoms with Crippen LogP contribution in [0.15, 0.2) is 30.3 Å². The molecule has 1 amide bonds. The quantitative estimate of drug-likeness (QED) is 0.583. The molecule has 0 heterocycles. The first-order valence-corrected chi connectivity index (χ1v) is 9.86. The molecular formula is C22H26ClNO5. The van der Waals surface area contributed by atoms with Gasteiger partial charge in [-0.3, -0.25) is 4.79 Å². The molecule has 2 aromatic carbocycles. The highest BCUT2D eigenvalue weighted by Gasteiger charge is 2.18. The van der Waals surface area contributed by atoms with Crippen molar-refractivity contribution in [3.05, 3.63) is 52.0 Å². The van der Waals surface area contributed by atoms with Gasteiger partial charge < -0.3 is 19.5 Å². The zero-order valence-corrected chi connectivity index (χ0v) is 17.9. The highest BCUT2D eigenvalue weighted by Crippen LogP contribution is 2.37. The van der Waals surface area contributed by atoms with Crippen molar-refractivity contribution in [3.8, 4) is 11.5 Å². The van der Waals surface area contributed by atoms with E-state index in [0.717, 1.165) is 17.5 Å². The van der Waals surface area contributed by atoms with Gasteiger partial charge in [-0.2, -0.15) is 0 Å². The lowest BCUT2D eigenvalue weighted by Crippen LogP contribution is -2.21. The normalized spacial score (nSPS) is 10.4. The molecular weight excluding hydrogens is 394 g/mol. The molecule has 0 bridgehead atoms. The fourth-order valence-electron chi connectivity index (χ4n) is 2.56. The number of nitrogens with one attached hydrogen (secondary N) is 1. The minimum Gasteiger partial charge on any atom is -0.490 e. The number of carbonyl (C=O) groups excluding carboxylic acids is 2. The number of anilines is 1. The molecule has 6 nitrogen and oxygen atoms in total. The number of halogens is 1. The van der Waals surface area contributed by atoms with Crippen LogP contribution in [-0.4, -0.2) is 31.7 Å². The molecule has 0 fully saturated rings. The summed E-state index contributed by atoms with van der Waals surface area (Å²) in [5.41, 5.74) is 2.81. The molecule has 0 spiro atoms. The Hall–Kier alpha value is -2.73. The number of hydrogen-bond donors (Lipinski definition) is 1. The summed E-state index contributed by atoms with van der Waals surface area (Å²) in [7, 11) is 0. The van der Waals surface area contributed by atoms with Gasteiger partial charge >= 0.3 is 5.97 Å². The average molecular weight is 420 g/mol. The van der Waals surface area contributed by atoms with Gasteiger partial charge in [-0.1, -0.05) is 30.7 Å². The van der Waals surface area contributed by atoms with Crippen molar-refractivity contribution in [2.75, 3.05) is 25.1 Å².